The number of rotatable bonds is 9. The van der Waals surface area contributed by atoms with Crippen LogP contribution in [0.5, 0.6) is 0 Å². The Bertz CT molecular complexity index is 976. The van der Waals surface area contributed by atoms with E-state index in [1.807, 2.05) is 79.1 Å². The molecule has 0 unspecified atom stereocenters. The van der Waals surface area contributed by atoms with Crippen LogP contribution in [0.4, 0.5) is 0 Å². The summed E-state index contributed by atoms with van der Waals surface area (Å²) in [6, 6.07) is 19.6. The van der Waals surface area contributed by atoms with E-state index in [0.29, 0.717) is 24.1 Å². The maximum atomic E-state index is 12.7. The molecule has 0 saturated heterocycles. The molecule has 0 aliphatic carbocycles. The molecule has 7 nitrogen and oxygen atoms in total. The van der Waals surface area contributed by atoms with Gasteiger partial charge in [-0.1, -0.05) is 60.3 Å². The lowest BCUT2D eigenvalue weighted by Crippen LogP contribution is -2.41. The number of nitrogens with one attached hydrogen (secondary N) is 1. The number of likely N-dealkylation sites (N-methyl/N-ethyl adjacent to an activating group) is 2. The normalized spacial score (nSPS) is 10.6. The number of amides is 2. The van der Waals surface area contributed by atoms with Crippen LogP contribution < -0.4 is 5.32 Å². The fraction of sp³-hybridized carbons (Fsp3) is 0.273. The first kappa shape index (κ1) is 21.6. The van der Waals surface area contributed by atoms with Crippen LogP contribution in [0.2, 0.25) is 0 Å². The number of benzene rings is 2. The van der Waals surface area contributed by atoms with Crippen LogP contribution in [0, 0.1) is 0 Å². The Morgan fingerprint density at radius 1 is 1.00 bits per heavy atom. The van der Waals surface area contributed by atoms with E-state index in [1.165, 1.54) is 11.8 Å². The third kappa shape index (κ3) is 5.27. The van der Waals surface area contributed by atoms with Gasteiger partial charge < -0.3 is 10.2 Å². The van der Waals surface area contributed by atoms with Crippen molar-refractivity contribution in [3.8, 4) is 17.1 Å². The van der Waals surface area contributed by atoms with E-state index in [2.05, 4.69) is 15.5 Å². The summed E-state index contributed by atoms with van der Waals surface area (Å²) in [4.78, 5) is 26.1. The average Bonchev–Trinajstić information content (AvgIpc) is 3.21. The van der Waals surface area contributed by atoms with Crippen LogP contribution in [0.25, 0.3) is 17.1 Å². The molecule has 8 heteroatoms. The van der Waals surface area contributed by atoms with Crippen molar-refractivity contribution in [1.29, 1.82) is 0 Å². The molecule has 1 N–H and O–H groups in total. The number of hydrogen-bond donors (Lipinski definition) is 1. The van der Waals surface area contributed by atoms with Crippen LogP contribution in [0.3, 0.4) is 0 Å². The first-order chi connectivity index (χ1) is 14.6. The van der Waals surface area contributed by atoms with Crippen molar-refractivity contribution in [2.75, 3.05) is 25.4 Å². The molecule has 1 heterocycles. The quantitative estimate of drug-likeness (QED) is 0.535. The van der Waals surface area contributed by atoms with E-state index in [4.69, 9.17) is 0 Å². The molecule has 0 spiro atoms. The molecule has 1 aromatic heterocycles. The molecule has 0 atom stereocenters. The summed E-state index contributed by atoms with van der Waals surface area (Å²) in [7, 11) is 0. The van der Waals surface area contributed by atoms with Gasteiger partial charge in [-0.05, 0) is 26.0 Å². The van der Waals surface area contributed by atoms with Gasteiger partial charge in [0, 0.05) is 24.3 Å². The molecular formula is C22H25N5O2S. The minimum atomic E-state index is -0.156. The summed E-state index contributed by atoms with van der Waals surface area (Å²) in [5, 5.41) is 12.1. The Kier molecular flexibility index (Phi) is 7.62. The van der Waals surface area contributed by atoms with Gasteiger partial charge in [0.1, 0.15) is 0 Å². The number of carbonyl (C=O) groups is 2. The molecule has 30 heavy (non-hydrogen) atoms. The minimum Gasteiger partial charge on any atom is -0.355 e. The molecular weight excluding hydrogens is 398 g/mol. The SMILES string of the molecule is CCNC(=O)CN(CC)C(=O)CSc1nnc(-c2ccccc2)n1-c1ccccc1. The largest absolute Gasteiger partial charge is 0.355 e. The Balaban J connectivity index is 1.82. The van der Waals surface area contributed by atoms with Crippen molar-refractivity contribution in [2.45, 2.75) is 19.0 Å². The topological polar surface area (TPSA) is 80.1 Å². The molecule has 3 aromatic rings. The summed E-state index contributed by atoms with van der Waals surface area (Å²) in [5.74, 6) is 0.619. The van der Waals surface area contributed by atoms with E-state index in [0.717, 1.165) is 11.3 Å². The first-order valence-electron chi connectivity index (χ1n) is 9.87. The first-order valence-corrected chi connectivity index (χ1v) is 10.9. The third-order valence-electron chi connectivity index (χ3n) is 4.45. The van der Waals surface area contributed by atoms with Gasteiger partial charge in [-0.2, -0.15) is 0 Å². The maximum absolute atomic E-state index is 12.7. The Labute approximate surface area is 180 Å². The smallest absolute Gasteiger partial charge is 0.239 e. The fourth-order valence-corrected chi connectivity index (χ4v) is 3.82. The second-order valence-corrected chi connectivity index (χ2v) is 7.44. The zero-order valence-corrected chi connectivity index (χ0v) is 17.9. The predicted molar refractivity (Wildman–Crippen MR) is 118 cm³/mol. The highest BCUT2D eigenvalue weighted by atomic mass is 32.2. The van der Waals surface area contributed by atoms with Crippen LogP contribution in [-0.2, 0) is 9.59 Å². The zero-order valence-electron chi connectivity index (χ0n) is 17.1. The van der Waals surface area contributed by atoms with Crippen molar-refractivity contribution < 1.29 is 9.59 Å². The van der Waals surface area contributed by atoms with E-state index >= 15 is 0 Å². The number of nitrogens with zero attached hydrogens (tertiary/aromatic N) is 4. The van der Waals surface area contributed by atoms with Crippen LogP contribution in [0.1, 0.15) is 13.8 Å². The fourth-order valence-electron chi connectivity index (χ4n) is 2.97. The van der Waals surface area contributed by atoms with E-state index in [9.17, 15) is 9.59 Å². The van der Waals surface area contributed by atoms with Gasteiger partial charge in [0.15, 0.2) is 11.0 Å². The van der Waals surface area contributed by atoms with Gasteiger partial charge in [0.2, 0.25) is 11.8 Å². The van der Waals surface area contributed by atoms with E-state index in [1.54, 1.807) is 4.90 Å². The summed E-state index contributed by atoms with van der Waals surface area (Å²) in [5.41, 5.74) is 1.87. The van der Waals surface area contributed by atoms with Crippen molar-refractivity contribution in [3.63, 3.8) is 0 Å². The summed E-state index contributed by atoms with van der Waals surface area (Å²) in [6.45, 7) is 4.79. The van der Waals surface area contributed by atoms with E-state index in [-0.39, 0.29) is 24.1 Å². The highest BCUT2D eigenvalue weighted by Crippen LogP contribution is 2.27. The average molecular weight is 424 g/mol. The van der Waals surface area contributed by atoms with Crippen LogP contribution in [0.15, 0.2) is 65.8 Å². The minimum absolute atomic E-state index is 0.0599. The van der Waals surface area contributed by atoms with E-state index < -0.39 is 0 Å². The lowest BCUT2D eigenvalue weighted by Gasteiger charge is -2.20. The van der Waals surface area contributed by atoms with Crippen molar-refractivity contribution in [2.24, 2.45) is 0 Å². The molecule has 156 valence electrons. The monoisotopic (exact) mass is 423 g/mol. The van der Waals surface area contributed by atoms with Crippen molar-refractivity contribution in [1.82, 2.24) is 25.0 Å². The van der Waals surface area contributed by atoms with Gasteiger partial charge in [0.05, 0.1) is 12.3 Å². The molecule has 0 saturated carbocycles. The van der Waals surface area contributed by atoms with Gasteiger partial charge >= 0.3 is 0 Å². The Morgan fingerprint density at radius 2 is 1.67 bits per heavy atom. The number of hydrogen-bond acceptors (Lipinski definition) is 5. The molecule has 0 bridgehead atoms. The van der Waals surface area contributed by atoms with Gasteiger partial charge in [0.25, 0.3) is 0 Å². The predicted octanol–water partition coefficient (Wildman–Crippen LogP) is 3.01. The number of thioether (sulfide) groups is 1. The Hall–Kier alpha value is -3.13. The van der Waals surface area contributed by atoms with Gasteiger partial charge in [-0.25, -0.2) is 0 Å². The number of para-hydroxylation sites is 1. The van der Waals surface area contributed by atoms with Crippen LogP contribution >= 0.6 is 11.8 Å². The van der Waals surface area contributed by atoms with Crippen molar-refractivity contribution in [3.05, 3.63) is 60.7 Å². The summed E-state index contributed by atoms with van der Waals surface area (Å²) in [6.07, 6.45) is 0. The third-order valence-corrected chi connectivity index (χ3v) is 5.36. The van der Waals surface area contributed by atoms with Crippen molar-refractivity contribution >= 4 is 23.6 Å². The molecule has 0 aliphatic rings. The summed E-state index contributed by atoms with van der Waals surface area (Å²) < 4.78 is 1.95. The number of aromatic nitrogens is 3. The second-order valence-electron chi connectivity index (χ2n) is 6.49. The molecule has 3 rings (SSSR count). The molecule has 2 aromatic carbocycles. The highest BCUT2D eigenvalue weighted by Gasteiger charge is 2.20. The second kappa shape index (κ2) is 10.6. The number of carbonyl (C=O) groups excluding carboxylic acids is 2. The molecule has 0 radical (unpaired) electrons. The zero-order chi connectivity index (χ0) is 21.3. The summed E-state index contributed by atoms with van der Waals surface area (Å²) >= 11 is 1.32. The maximum Gasteiger partial charge on any atom is 0.239 e. The highest BCUT2D eigenvalue weighted by molar-refractivity contribution is 7.99. The van der Waals surface area contributed by atoms with Crippen LogP contribution in [-0.4, -0.2) is 56.9 Å². The lowest BCUT2D eigenvalue weighted by molar-refractivity contribution is -0.133. The molecule has 0 aliphatic heterocycles. The molecule has 0 fully saturated rings. The van der Waals surface area contributed by atoms with Gasteiger partial charge in [-0.15, -0.1) is 10.2 Å². The molecule has 2 amide bonds. The standard InChI is InChI=1S/C22H25N5O2S/c1-3-23-19(28)15-26(4-2)20(29)16-30-22-25-24-21(17-11-7-5-8-12-17)27(22)18-13-9-6-10-14-18/h5-14H,3-4,15-16H2,1-2H3,(H,23,28). The Morgan fingerprint density at radius 3 is 2.30 bits per heavy atom. The lowest BCUT2D eigenvalue weighted by atomic mass is 10.2. The van der Waals surface area contributed by atoms with Gasteiger partial charge in [-0.3, -0.25) is 14.2 Å².